The molecule has 10 N–H and O–H groups in total. The molecule has 1 aromatic heterocycles. The molecule has 18 heavy (non-hydrogen) atoms. The lowest BCUT2D eigenvalue weighted by atomic mass is 10.2. The number of hydrogen-bond donors (Lipinski definition) is 7. The van der Waals surface area contributed by atoms with Crippen molar-refractivity contribution in [2.45, 2.75) is 12.5 Å². The van der Waals surface area contributed by atoms with Crippen LogP contribution in [0.3, 0.4) is 0 Å². The molecule has 11 nitrogen and oxygen atoms in total. The summed E-state index contributed by atoms with van der Waals surface area (Å²) < 4.78 is 0. The van der Waals surface area contributed by atoms with Crippen LogP contribution < -0.4 is 28.3 Å². The van der Waals surface area contributed by atoms with Crippen LogP contribution in [0.4, 0.5) is 0 Å². The van der Waals surface area contributed by atoms with Crippen LogP contribution in [0.1, 0.15) is 5.69 Å². The molecule has 0 bridgehead atoms. The molecule has 0 amide bonds. The molecule has 0 fully saturated rings. The van der Waals surface area contributed by atoms with Gasteiger partial charge in [0, 0.05) is 18.3 Å². The van der Waals surface area contributed by atoms with Gasteiger partial charge in [-0.25, -0.2) is 16.3 Å². The van der Waals surface area contributed by atoms with Crippen molar-refractivity contribution in [2.24, 2.45) is 22.4 Å². The van der Waals surface area contributed by atoms with Crippen LogP contribution >= 0.6 is 0 Å². The SMILES string of the molecule is NC(N)=NN(N)NN[C@@H](Cc1cnc[nH]1)C(=O)O. The summed E-state index contributed by atoms with van der Waals surface area (Å²) >= 11 is 0. The highest BCUT2D eigenvalue weighted by Crippen LogP contribution is 1.97. The third-order valence-electron chi connectivity index (χ3n) is 1.85. The number of aliphatic carboxylic acids is 1. The monoisotopic (exact) mass is 257 g/mol. The number of nitrogens with two attached hydrogens (primary N) is 3. The lowest BCUT2D eigenvalue weighted by Crippen LogP contribution is -2.55. The maximum Gasteiger partial charge on any atom is 0.322 e. The molecule has 1 heterocycles. The highest BCUT2D eigenvalue weighted by Gasteiger charge is 2.18. The van der Waals surface area contributed by atoms with E-state index >= 15 is 0 Å². The molecule has 0 saturated heterocycles. The van der Waals surface area contributed by atoms with Gasteiger partial charge in [-0.1, -0.05) is 0 Å². The smallest absolute Gasteiger partial charge is 0.322 e. The van der Waals surface area contributed by atoms with Crippen LogP contribution in [-0.2, 0) is 11.2 Å². The summed E-state index contributed by atoms with van der Waals surface area (Å²) in [4.78, 5) is 17.5. The molecule has 0 radical (unpaired) electrons. The highest BCUT2D eigenvalue weighted by molar-refractivity contribution is 5.75. The van der Waals surface area contributed by atoms with Gasteiger partial charge in [-0.05, 0) is 0 Å². The summed E-state index contributed by atoms with van der Waals surface area (Å²) in [7, 11) is 0. The summed E-state index contributed by atoms with van der Waals surface area (Å²) in [6.07, 6.45) is 3.15. The van der Waals surface area contributed by atoms with Gasteiger partial charge in [-0.2, -0.15) is 0 Å². The molecular weight excluding hydrogens is 242 g/mol. The third kappa shape index (κ3) is 4.65. The zero-order chi connectivity index (χ0) is 13.5. The molecule has 0 aliphatic heterocycles. The van der Waals surface area contributed by atoms with Crippen LogP contribution in [0.5, 0.6) is 0 Å². The summed E-state index contributed by atoms with van der Waals surface area (Å²) in [5.41, 5.74) is 15.6. The van der Waals surface area contributed by atoms with Gasteiger partial charge in [0.05, 0.1) is 6.33 Å². The predicted molar refractivity (Wildman–Crippen MR) is 61.8 cm³/mol. The molecule has 0 aromatic carbocycles. The Labute approximate surface area is 102 Å². The fourth-order valence-electron chi connectivity index (χ4n) is 1.11. The first-order valence-electron chi connectivity index (χ1n) is 4.84. The summed E-state index contributed by atoms with van der Waals surface area (Å²) in [6.45, 7) is 0. The molecule has 1 aromatic rings. The number of H-pyrrole nitrogens is 1. The molecule has 0 unspecified atom stereocenters. The second kappa shape index (κ2) is 6.39. The van der Waals surface area contributed by atoms with Crippen LogP contribution in [-0.4, -0.2) is 38.3 Å². The molecule has 11 heteroatoms. The van der Waals surface area contributed by atoms with Gasteiger partial charge in [-0.3, -0.25) is 4.79 Å². The molecular formula is C7H15N9O2. The van der Waals surface area contributed by atoms with E-state index in [2.05, 4.69) is 26.0 Å². The molecule has 1 atom stereocenters. The summed E-state index contributed by atoms with van der Waals surface area (Å²) in [6, 6.07) is -0.939. The molecule has 0 saturated carbocycles. The zero-order valence-corrected chi connectivity index (χ0v) is 9.37. The fraction of sp³-hybridized carbons (Fsp3) is 0.286. The van der Waals surface area contributed by atoms with E-state index in [-0.39, 0.29) is 12.4 Å². The minimum absolute atomic E-state index is 0.179. The van der Waals surface area contributed by atoms with Crippen molar-refractivity contribution in [1.29, 1.82) is 0 Å². The van der Waals surface area contributed by atoms with Gasteiger partial charge >= 0.3 is 5.97 Å². The molecule has 1 rings (SSSR count). The van der Waals surface area contributed by atoms with E-state index in [1.54, 1.807) is 0 Å². The first-order valence-corrected chi connectivity index (χ1v) is 4.84. The molecule has 0 spiro atoms. The number of hydrazone groups is 1. The Balaban J connectivity index is 2.49. The topological polar surface area (TPSA) is 184 Å². The van der Waals surface area contributed by atoms with Crippen LogP contribution in [0.2, 0.25) is 0 Å². The molecule has 0 aliphatic rings. The number of guanidine groups is 1. The number of nitrogens with one attached hydrogen (secondary N) is 3. The van der Waals surface area contributed by atoms with Gasteiger partial charge in [0.2, 0.25) is 5.96 Å². The van der Waals surface area contributed by atoms with Gasteiger partial charge in [-0.15, -0.1) is 15.9 Å². The maximum absolute atomic E-state index is 11.0. The van der Waals surface area contributed by atoms with E-state index in [1.807, 2.05) is 0 Å². The Morgan fingerprint density at radius 1 is 1.67 bits per heavy atom. The van der Waals surface area contributed by atoms with E-state index < -0.39 is 12.0 Å². The van der Waals surface area contributed by atoms with Gasteiger partial charge in [0.15, 0.2) is 0 Å². The predicted octanol–water partition coefficient (Wildman–Crippen LogP) is -3.22. The van der Waals surface area contributed by atoms with Crippen LogP contribution in [0.15, 0.2) is 17.6 Å². The van der Waals surface area contributed by atoms with Crippen LogP contribution in [0.25, 0.3) is 0 Å². The van der Waals surface area contributed by atoms with E-state index in [1.165, 1.54) is 12.5 Å². The Hall–Kier alpha value is -2.37. The van der Waals surface area contributed by atoms with E-state index in [4.69, 9.17) is 22.4 Å². The number of aromatic amines is 1. The number of nitrogens with zero attached hydrogens (tertiary/aromatic N) is 3. The first kappa shape index (κ1) is 13.7. The number of imidazole rings is 1. The van der Waals surface area contributed by atoms with E-state index in [0.717, 1.165) is 0 Å². The Bertz CT molecular complexity index is 399. The number of carboxylic acids is 1. The van der Waals surface area contributed by atoms with Crippen molar-refractivity contribution in [2.75, 3.05) is 0 Å². The van der Waals surface area contributed by atoms with E-state index in [9.17, 15) is 4.79 Å². The van der Waals surface area contributed by atoms with Crippen molar-refractivity contribution >= 4 is 11.9 Å². The Morgan fingerprint density at radius 3 is 2.89 bits per heavy atom. The van der Waals surface area contributed by atoms with Crippen molar-refractivity contribution in [3.05, 3.63) is 18.2 Å². The van der Waals surface area contributed by atoms with Gasteiger partial charge in [0.1, 0.15) is 6.04 Å². The van der Waals surface area contributed by atoms with Crippen molar-refractivity contribution in [1.82, 2.24) is 26.2 Å². The van der Waals surface area contributed by atoms with Gasteiger partial charge in [0.25, 0.3) is 0 Å². The Morgan fingerprint density at radius 2 is 2.39 bits per heavy atom. The standard InChI is InChI=1S/C7H15N9O2/c8-7(9)14-16(10)15-13-5(6(17)18)1-4-2-11-3-12-4/h2-3,5,13,15H,1,10H2,(H,11,12)(H,17,18)(H4,8,9,14)/t5-/m0/s1. The maximum atomic E-state index is 11.0. The number of hydrogen-bond acceptors (Lipinski definition) is 7. The quantitative estimate of drug-likeness (QED) is 0.114. The average molecular weight is 257 g/mol. The van der Waals surface area contributed by atoms with Crippen LogP contribution in [0, 0.1) is 0 Å². The highest BCUT2D eigenvalue weighted by atomic mass is 16.4. The second-order valence-electron chi connectivity index (χ2n) is 3.30. The fourth-order valence-corrected chi connectivity index (χ4v) is 1.11. The molecule has 100 valence electrons. The number of rotatable bonds is 7. The average Bonchev–Trinajstić information content (AvgIpc) is 2.75. The first-order chi connectivity index (χ1) is 8.49. The third-order valence-corrected chi connectivity index (χ3v) is 1.85. The minimum atomic E-state index is -1.07. The normalized spacial score (nSPS) is 11.8. The van der Waals surface area contributed by atoms with Crippen molar-refractivity contribution in [3.63, 3.8) is 0 Å². The summed E-state index contributed by atoms with van der Waals surface area (Å²) in [5, 5.41) is 13.1. The number of aromatic nitrogens is 2. The van der Waals surface area contributed by atoms with Gasteiger partial charge < -0.3 is 21.6 Å². The lowest BCUT2D eigenvalue weighted by Gasteiger charge is -2.18. The number of carboxylic acid groups (broad SMARTS) is 1. The van der Waals surface area contributed by atoms with Crippen molar-refractivity contribution in [3.8, 4) is 0 Å². The Kier molecular flexibility index (Phi) is 4.86. The zero-order valence-electron chi connectivity index (χ0n) is 9.37. The second-order valence-corrected chi connectivity index (χ2v) is 3.30. The number of carbonyl (C=O) groups is 1. The minimum Gasteiger partial charge on any atom is -0.480 e. The summed E-state index contributed by atoms with van der Waals surface area (Å²) in [5.74, 6) is 3.95. The van der Waals surface area contributed by atoms with E-state index in [0.29, 0.717) is 10.9 Å². The largest absolute Gasteiger partial charge is 0.480 e. The molecule has 0 aliphatic carbocycles. The van der Waals surface area contributed by atoms with Crippen molar-refractivity contribution < 1.29 is 9.90 Å². The number of hydrazine groups is 3. The lowest BCUT2D eigenvalue weighted by molar-refractivity contribution is -0.140.